The monoisotopic (exact) mass is 409 g/mol. The van der Waals surface area contributed by atoms with Gasteiger partial charge in [0.1, 0.15) is 0 Å². The first-order chi connectivity index (χ1) is 14.6. The van der Waals surface area contributed by atoms with Crippen LogP contribution in [0.2, 0.25) is 0 Å². The van der Waals surface area contributed by atoms with Crippen molar-refractivity contribution in [2.75, 3.05) is 31.1 Å². The number of nitrogens with one attached hydrogen (secondary N) is 2. The summed E-state index contributed by atoms with van der Waals surface area (Å²) in [6, 6.07) is 12.5. The predicted octanol–water partition coefficient (Wildman–Crippen LogP) is 2.81. The third-order valence-corrected chi connectivity index (χ3v) is 6.37. The third kappa shape index (κ3) is 5.01. The lowest BCUT2D eigenvalue weighted by Gasteiger charge is -2.33. The van der Waals surface area contributed by atoms with Crippen LogP contribution in [0, 0.1) is 5.92 Å². The zero-order valence-electron chi connectivity index (χ0n) is 17.6. The number of aromatic amines is 1. The summed E-state index contributed by atoms with van der Waals surface area (Å²) < 4.78 is 0. The number of nitrogens with zero attached hydrogens (tertiary/aromatic N) is 3. The van der Waals surface area contributed by atoms with E-state index in [2.05, 4.69) is 38.6 Å². The Morgan fingerprint density at radius 2 is 1.77 bits per heavy atom. The number of piperidine rings is 2. The van der Waals surface area contributed by atoms with Gasteiger partial charge in [0.2, 0.25) is 11.8 Å². The van der Waals surface area contributed by atoms with Gasteiger partial charge in [-0.3, -0.25) is 14.7 Å². The van der Waals surface area contributed by atoms with Crippen LogP contribution in [0.25, 0.3) is 11.3 Å². The fraction of sp³-hybridized carbons (Fsp3) is 0.522. The highest BCUT2D eigenvalue weighted by Gasteiger charge is 2.26. The largest absolute Gasteiger partial charge is 0.355 e. The van der Waals surface area contributed by atoms with Gasteiger partial charge >= 0.3 is 0 Å². The molecule has 0 radical (unpaired) electrons. The van der Waals surface area contributed by atoms with Crippen LogP contribution in [-0.4, -0.2) is 59.1 Å². The molecule has 1 aromatic heterocycles. The van der Waals surface area contributed by atoms with Crippen LogP contribution >= 0.6 is 0 Å². The molecule has 2 aliphatic rings. The zero-order chi connectivity index (χ0) is 20.9. The normalized spacial score (nSPS) is 18.4. The third-order valence-electron chi connectivity index (χ3n) is 6.37. The highest BCUT2D eigenvalue weighted by Crippen LogP contribution is 2.25. The minimum absolute atomic E-state index is 0.137. The molecule has 0 bridgehead atoms. The summed E-state index contributed by atoms with van der Waals surface area (Å²) in [6.07, 6.45) is 4.29. The first kappa shape index (κ1) is 20.4. The number of H-pyrrole nitrogens is 1. The van der Waals surface area contributed by atoms with E-state index in [0.717, 1.165) is 68.9 Å². The quantitative estimate of drug-likeness (QED) is 0.796. The molecule has 2 aromatic rings. The molecule has 7 nitrogen and oxygen atoms in total. The smallest absolute Gasteiger partial charge is 0.220 e. The number of hydrogen-bond donors (Lipinski definition) is 2. The number of anilines is 1. The Morgan fingerprint density at radius 3 is 2.43 bits per heavy atom. The Labute approximate surface area is 177 Å². The van der Waals surface area contributed by atoms with Gasteiger partial charge in [-0.15, -0.1) is 0 Å². The second-order valence-corrected chi connectivity index (χ2v) is 8.49. The Morgan fingerprint density at radius 1 is 1.07 bits per heavy atom. The Hall–Kier alpha value is -2.83. The van der Waals surface area contributed by atoms with E-state index in [-0.39, 0.29) is 17.9 Å². The molecule has 2 aliphatic heterocycles. The van der Waals surface area contributed by atoms with Crippen LogP contribution in [0.15, 0.2) is 36.4 Å². The average molecular weight is 410 g/mol. The van der Waals surface area contributed by atoms with Crippen molar-refractivity contribution in [3.05, 3.63) is 36.4 Å². The second-order valence-electron chi connectivity index (χ2n) is 8.49. The first-order valence-corrected chi connectivity index (χ1v) is 11.0. The number of likely N-dealkylation sites (tertiary alicyclic amines) is 1. The zero-order valence-corrected chi connectivity index (χ0v) is 17.6. The van der Waals surface area contributed by atoms with Crippen molar-refractivity contribution in [2.24, 2.45) is 5.92 Å². The van der Waals surface area contributed by atoms with E-state index in [1.54, 1.807) is 6.92 Å². The van der Waals surface area contributed by atoms with E-state index in [4.69, 9.17) is 0 Å². The molecular formula is C23H31N5O2. The molecule has 0 atom stereocenters. The predicted molar refractivity (Wildman–Crippen MR) is 117 cm³/mol. The van der Waals surface area contributed by atoms with Crippen LogP contribution in [0.4, 0.5) is 5.82 Å². The number of rotatable bonds is 5. The van der Waals surface area contributed by atoms with Crippen molar-refractivity contribution >= 4 is 17.6 Å². The van der Waals surface area contributed by atoms with Gasteiger partial charge in [0, 0.05) is 51.6 Å². The van der Waals surface area contributed by atoms with Gasteiger partial charge in [-0.25, -0.2) is 0 Å². The number of aromatic nitrogens is 2. The maximum Gasteiger partial charge on any atom is 0.220 e. The topological polar surface area (TPSA) is 81.3 Å². The molecule has 2 fully saturated rings. The highest BCUT2D eigenvalue weighted by atomic mass is 16.2. The van der Waals surface area contributed by atoms with Crippen LogP contribution < -0.4 is 10.2 Å². The van der Waals surface area contributed by atoms with Crippen molar-refractivity contribution in [3.8, 4) is 11.3 Å². The molecule has 160 valence electrons. The number of benzene rings is 1. The second kappa shape index (κ2) is 9.32. The molecule has 0 unspecified atom stereocenters. The van der Waals surface area contributed by atoms with E-state index < -0.39 is 0 Å². The van der Waals surface area contributed by atoms with Gasteiger partial charge in [-0.1, -0.05) is 30.3 Å². The molecule has 30 heavy (non-hydrogen) atoms. The van der Waals surface area contributed by atoms with Gasteiger partial charge in [-0.05, 0) is 37.2 Å². The fourth-order valence-electron chi connectivity index (χ4n) is 4.49. The van der Waals surface area contributed by atoms with Gasteiger partial charge in [0.15, 0.2) is 5.82 Å². The molecule has 2 N–H and O–H groups in total. The van der Waals surface area contributed by atoms with Crippen LogP contribution in [0.5, 0.6) is 0 Å². The number of carbonyl (C=O) groups excluding carboxylic acids is 2. The van der Waals surface area contributed by atoms with Crippen LogP contribution in [0.3, 0.4) is 0 Å². The maximum atomic E-state index is 12.5. The van der Waals surface area contributed by atoms with Gasteiger partial charge < -0.3 is 15.1 Å². The van der Waals surface area contributed by atoms with Crippen LogP contribution in [-0.2, 0) is 9.59 Å². The van der Waals surface area contributed by atoms with E-state index in [0.29, 0.717) is 12.3 Å². The highest BCUT2D eigenvalue weighted by molar-refractivity contribution is 5.77. The molecule has 7 heteroatoms. The SMILES string of the molecule is CC(=O)N1CCC(CC(=O)NC2CCN(c3cc(-c4ccccc4)[nH]n3)CC2)CC1. The Kier molecular flexibility index (Phi) is 6.35. The summed E-state index contributed by atoms with van der Waals surface area (Å²) in [6.45, 7) is 4.95. The molecule has 0 spiro atoms. The first-order valence-electron chi connectivity index (χ1n) is 11.0. The molecule has 3 heterocycles. The van der Waals surface area contributed by atoms with E-state index in [1.807, 2.05) is 23.1 Å². The summed E-state index contributed by atoms with van der Waals surface area (Å²) >= 11 is 0. The summed E-state index contributed by atoms with van der Waals surface area (Å²) in [5.74, 6) is 1.65. The summed E-state index contributed by atoms with van der Waals surface area (Å²) in [4.78, 5) is 28.1. The van der Waals surface area contributed by atoms with Crippen molar-refractivity contribution < 1.29 is 9.59 Å². The van der Waals surface area contributed by atoms with Gasteiger partial charge in [0.25, 0.3) is 0 Å². The molecule has 1 aromatic carbocycles. The number of amides is 2. The molecule has 0 aliphatic carbocycles. The fourth-order valence-corrected chi connectivity index (χ4v) is 4.49. The maximum absolute atomic E-state index is 12.5. The van der Waals surface area contributed by atoms with Crippen LogP contribution in [0.1, 0.15) is 39.0 Å². The molecular weight excluding hydrogens is 378 g/mol. The Bertz CT molecular complexity index is 849. The average Bonchev–Trinajstić information content (AvgIpc) is 3.25. The number of hydrogen-bond acceptors (Lipinski definition) is 4. The molecule has 2 amide bonds. The minimum atomic E-state index is 0.137. The van der Waals surface area contributed by atoms with E-state index >= 15 is 0 Å². The molecule has 0 saturated carbocycles. The lowest BCUT2D eigenvalue weighted by Crippen LogP contribution is -2.45. The van der Waals surface area contributed by atoms with Crippen molar-refractivity contribution in [1.29, 1.82) is 0 Å². The molecule has 4 rings (SSSR count). The minimum Gasteiger partial charge on any atom is -0.355 e. The lowest BCUT2D eigenvalue weighted by molar-refractivity contribution is -0.130. The molecule has 2 saturated heterocycles. The number of carbonyl (C=O) groups is 2. The standard InChI is InChI=1S/C23H31N5O2/c1-17(29)27-11-7-18(8-12-27)15-23(30)24-20-9-13-28(14-10-20)22-16-21(25-26-22)19-5-3-2-4-6-19/h2-6,16,18,20H,7-15H2,1H3,(H,24,30)(H,25,26). The van der Waals surface area contributed by atoms with Gasteiger partial charge in [0.05, 0.1) is 5.69 Å². The lowest BCUT2D eigenvalue weighted by atomic mass is 9.93. The van der Waals surface area contributed by atoms with E-state index in [9.17, 15) is 9.59 Å². The summed E-state index contributed by atoms with van der Waals surface area (Å²) in [5, 5.41) is 10.8. The van der Waals surface area contributed by atoms with Gasteiger partial charge in [-0.2, -0.15) is 5.10 Å². The van der Waals surface area contributed by atoms with E-state index in [1.165, 1.54) is 0 Å². The summed E-state index contributed by atoms with van der Waals surface area (Å²) in [5.41, 5.74) is 2.16. The van der Waals surface area contributed by atoms with Crippen molar-refractivity contribution in [2.45, 2.75) is 45.1 Å². The summed E-state index contributed by atoms with van der Waals surface area (Å²) in [7, 11) is 0. The van der Waals surface area contributed by atoms with Crippen molar-refractivity contribution in [3.63, 3.8) is 0 Å². The Balaban J connectivity index is 1.21. The van der Waals surface area contributed by atoms with Crippen molar-refractivity contribution in [1.82, 2.24) is 20.4 Å².